The van der Waals surface area contributed by atoms with Crippen LogP contribution in [0, 0.1) is 6.92 Å². The van der Waals surface area contributed by atoms with E-state index in [2.05, 4.69) is 20.6 Å². The highest BCUT2D eigenvalue weighted by Gasteiger charge is 2.28. The van der Waals surface area contributed by atoms with Crippen LogP contribution in [0.15, 0.2) is 41.5 Å². The molecule has 0 atom stereocenters. The zero-order chi connectivity index (χ0) is 22.1. The van der Waals surface area contributed by atoms with Crippen molar-refractivity contribution in [2.24, 2.45) is 4.99 Å². The Bertz CT molecular complexity index is 859. The summed E-state index contributed by atoms with van der Waals surface area (Å²) in [5.41, 5.74) is 2.44. The van der Waals surface area contributed by atoms with Gasteiger partial charge in [-0.3, -0.25) is 0 Å². The summed E-state index contributed by atoms with van der Waals surface area (Å²) < 4.78 is 42.7. The summed E-state index contributed by atoms with van der Waals surface area (Å²) in [6.07, 6.45) is -2.65. The molecule has 10 heteroatoms. The van der Waals surface area contributed by atoms with Gasteiger partial charge in [-0.2, -0.15) is 13.2 Å². The summed E-state index contributed by atoms with van der Waals surface area (Å²) in [7, 11) is 3.84. The Labute approximate surface area is 198 Å². The van der Waals surface area contributed by atoms with Crippen molar-refractivity contribution < 1.29 is 17.9 Å². The van der Waals surface area contributed by atoms with Gasteiger partial charge in [0.15, 0.2) is 12.6 Å². The quantitative estimate of drug-likeness (QED) is 0.292. The van der Waals surface area contributed by atoms with Gasteiger partial charge in [0.25, 0.3) is 0 Å². The molecule has 0 aliphatic heterocycles. The molecule has 31 heavy (non-hydrogen) atoms. The molecular weight excluding hydrogens is 522 g/mol. The van der Waals surface area contributed by atoms with E-state index in [-0.39, 0.29) is 36.3 Å². The van der Waals surface area contributed by atoms with Crippen molar-refractivity contribution in [3.05, 3.63) is 53.2 Å². The predicted molar refractivity (Wildman–Crippen MR) is 128 cm³/mol. The van der Waals surface area contributed by atoms with E-state index in [1.165, 1.54) is 0 Å². The highest BCUT2D eigenvalue weighted by Crippen LogP contribution is 2.23. The lowest BCUT2D eigenvalue weighted by Gasteiger charge is -2.16. The minimum atomic E-state index is -4.39. The molecule has 2 rings (SSSR count). The summed E-state index contributed by atoms with van der Waals surface area (Å²) in [6.45, 7) is 3.78. The minimum Gasteiger partial charge on any atom is -0.484 e. The predicted octanol–water partition coefficient (Wildman–Crippen LogP) is 4.27. The first-order valence-corrected chi connectivity index (χ1v) is 9.61. The number of aliphatic imine (C=N–C) groups is 1. The van der Waals surface area contributed by atoms with Crippen LogP contribution in [0.2, 0.25) is 0 Å². The number of aromatic nitrogens is 1. The lowest BCUT2D eigenvalue weighted by molar-refractivity contribution is -0.153. The summed E-state index contributed by atoms with van der Waals surface area (Å²) in [6, 6.07) is 9.04. The molecule has 172 valence electrons. The number of pyridine rings is 1. The van der Waals surface area contributed by atoms with Crippen molar-refractivity contribution >= 4 is 35.8 Å². The maximum Gasteiger partial charge on any atom is 0.422 e. The Morgan fingerprint density at radius 2 is 1.90 bits per heavy atom. The molecule has 2 N–H and O–H groups in total. The standard InChI is InChI=1S/C21H28F3N5O.HI/c1-5-25-20(27-12-16-8-9-26-19(11-16)29(3)4)28-13-17-7-6-15(2)10-18(17)30-14-21(22,23)24;/h6-11H,5,12-14H2,1-4H3,(H2,25,27,28);1H. The third-order valence-corrected chi connectivity index (χ3v) is 4.09. The van der Waals surface area contributed by atoms with E-state index in [9.17, 15) is 13.2 Å². The zero-order valence-electron chi connectivity index (χ0n) is 18.1. The number of guanidine groups is 1. The number of benzene rings is 1. The largest absolute Gasteiger partial charge is 0.484 e. The van der Waals surface area contributed by atoms with E-state index < -0.39 is 12.8 Å². The molecule has 0 unspecified atom stereocenters. The number of nitrogens with one attached hydrogen (secondary N) is 2. The van der Waals surface area contributed by atoms with Gasteiger partial charge in [-0.1, -0.05) is 12.1 Å². The number of rotatable bonds is 8. The van der Waals surface area contributed by atoms with Gasteiger partial charge in [0.2, 0.25) is 0 Å². The van der Waals surface area contributed by atoms with Gasteiger partial charge in [0.1, 0.15) is 11.6 Å². The molecule has 0 radical (unpaired) electrons. The number of nitrogens with zero attached hydrogens (tertiary/aromatic N) is 3. The van der Waals surface area contributed by atoms with Crippen LogP contribution in [0.1, 0.15) is 23.6 Å². The Morgan fingerprint density at radius 3 is 2.55 bits per heavy atom. The van der Waals surface area contributed by atoms with Crippen LogP contribution in [0.25, 0.3) is 0 Å². The highest BCUT2D eigenvalue weighted by atomic mass is 127. The van der Waals surface area contributed by atoms with Gasteiger partial charge in [-0.25, -0.2) is 9.98 Å². The Morgan fingerprint density at radius 1 is 1.16 bits per heavy atom. The number of hydrogen-bond acceptors (Lipinski definition) is 4. The SMILES string of the molecule is CCNC(=NCc1ccnc(N(C)C)c1)NCc1ccc(C)cc1OCC(F)(F)F.I. The molecule has 1 heterocycles. The van der Waals surface area contributed by atoms with Crippen molar-refractivity contribution in [3.8, 4) is 5.75 Å². The third-order valence-electron chi connectivity index (χ3n) is 4.09. The molecule has 6 nitrogen and oxygen atoms in total. The second-order valence-corrected chi connectivity index (χ2v) is 6.98. The highest BCUT2D eigenvalue weighted by molar-refractivity contribution is 14.0. The lowest BCUT2D eigenvalue weighted by Crippen LogP contribution is -2.37. The van der Waals surface area contributed by atoms with Gasteiger partial charge >= 0.3 is 6.18 Å². The fourth-order valence-corrected chi connectivity index (χ4v) is 2.60. The van der Waals surface area contributed by atoms with Crippen molar-refractivity contribution in [2.75, 3.05) is 32.1 Å². The van der Waals surface area contributed by atoms with Crippen molar-refractivity contribution in [1.82, 2.24) is 15.6 Å². The molecule has 0 saturated carbocycles. The van der Waals surface area contributed by atoms with E-state index in [1.54, 1.807) is 25.3 Å². The van der Waals surface area contributed by atoms with Crippen LogP contribution >= 0.6 is 24.0 Å². The van der Waals surface area contributed by atoms with Crippen LogP contribution < -0.4 is 20.3 Å². The van der Waals surface area contributed by atoms with E-state index in [0.29, 0.717) is 24.6 Å². The zero-order valence-corrected chi connectivity index (χ0v) is 20.4. The van der Waals surface area contributed by atoms with Crippen LogP contribution in [-0.2, 0) is 13.1 Å². The van der Waals surface area contributed by atoms with Gasteiger partial charge < -0.3 is 20.3 Å². The molecular formula is C21H29F3IN5O. The first-order valence-electron chi connectivity index (χ1n) is 9.61. The van der Waals surface area contributed by atoms with Crippen molar-refractivity contribution in [1.29, 1.82) is 0 Å². The number of alkyl halides is 3. The fraction of sp³-hybridized carbons (Fsp3) is 0.429. The van der Waals surface area contributed by atoms with Gasteiger partial charge in [0, 0.05) is 38.9 Å². The molecule has 0 spiro atoms. The van der Waals surface area contributed by atoms with Crippen LogP contribution in [0.4, 0.5) is 19.0 Å². The molecule has 0 saturated heterocycles. The van der Waals surface area contributed by atoms with Gasteiger partial charge in [-0.15, -0.1) is 24.0 Å². The summed E-state index contributed by atoms with van der Waals surface area (Å²) in [5, 5.41) is 6.29. The van der Waals surface area contributed by atoms with E-state index in [4.69, 9.17) is 4.74 Å². The monoisotopic (exact) mass is 551 g/mol. The molecule has 0 aliphatic rings. The van der Waals surface area contributed by atoms with Crippen molar-refractivity contribution in [2.45, 2.75) is 33.1 Å². The maximum absolute atomic E-state index is 12.6. The molecule has 0 fully saturated rings. The summed E-state index contributed by atoms with van der Waals surface area (Å²) in [5.74, 6) is 1.61. The minimum absolute atomic E-state index is 0. The molecule has 1 aromatic heterocycles. The number of halogens is 4. The Kier molecular flexibility index (Phi) is 10.9. The number of anilines is 1. The fourth-order valence-electron chi connectivity index (χ4n) is 2.60. The molecule has 2 aromatic rings. The average molecular weight is 551 g/mol. The van der Waals surface area contributed by atoms with Crippen LogP contribution in [0.3, 0.4) is 0 Å². The maximum atomic E-state index is 12.6. The van der Waals surface area contributed by atoms with Gasteiger partial charge in [0.05, 0.1) is 6.54 Å². The van der Waals surface area contributed by atoms with Gasteiger partial charge in [-0.05, 0) is 43.2 Å². The van der Waals surface area contributed by atoms with Crippen molar-refractivity contribution in [3.63, 3.8) is 0 Å². The topological polar surface area (TPSA) is 61.8 Å². The third kappa shape index (κ3) is 9.62. The van der Waals surface area contributed by atoms with Crippen LogP contribution in [-0.4, -0.2) is 44.4 Å². The molecule has 0 amide bonds. The number of ether oxygens (including phenoxy) is 1. The second kappa shape index (κ2) is 12.6. The average Bonchev–Trinajstić information content (AvgIpc) is 2.69. The Hall–Kier alpha value is -2.24. The molecule has 0 bridgehead atoms. The molecule has 0 aliphatic carbocycles. The Balaban J connectivity index is 0.00000480. The summed E-state index contributed by atoms with van der Waals surface area (Å²) >= 11 is 0. The number of hydrogen-bond donors (Lipinski definition) is 2. The lowest BCUT2D eigenvalue weighted by atomic mass is 10.1. The van der Waals surface area contributed by atoms with E-state index in [1.807, 2.05) is 44.1 Å². The number of aryl methyl sites for hydroxylation is 1. The molecule has 1 aromatic carbocycles. The first-order chi connectivity index (χ1) is 14.2. The summed E-state index contributed by atoms with van der Waals surface area (Å²) in [4.78, 5) is 10.8. The first kappa shape index (κ1) is 26.8. The van der Waals surface area contributed by atoms with Crippen LogP contribution in [0.5, 0.6) is 5.75 Å². The van der Waals surface area contributed by atoms with E-state index >= 15 is 0 Å². The normalized spacial score (nSPS) is 11.5. The second-order valence-electron chi connectivity index (χ2n) is 6.98. The van der Waals surface area contributed by atoms with E-state index in [0.717, 1.165) is 16.9 Å². The smallest absolute Gasteiger partial charge is 0.422 e.